The first kappa shape index (κ1) is 20.0. The fourth-order valence-electron chi connectivity index (χ4n) is 2.21. The number of hydrogen-bond donors (Lipinski definition) is 1. The van der Waals surface area contributed by atoms with Crippen LogP contribution in [0, 0.1) is 13.8 Å². The predicted octanol–water partition coefficient (Wildman–Crippen LogP) is 4.06. The molecule has 0 spiro atoms. The molecule has 0 saturated heterocycles. The van der Waals surface area contributed by atoms with Gasteiger partial charge in [0.1, 0.15) is 17.8 Å². The number of aryl methyl sites for hydroxylation is 2. The molecule has 6 nitrogen and oxygen atoms in total. The zero-order valence-electron chi connectivity index (χ0n) is 15.2. The topological polar surface area (TPSA) is 73.9 Å². The molecule has 0 heterocycles. The zero-order chi connectivity index (χ0) is 19.0. The van der Waals surface area contributed by atoms with Crippen LogP contribution in [0.3, 0.4) is 0 Å². The fraction of sp³-hybridized carbons (Fsp3) is 0.316. The van der Waals surface area contributed by atoms with Crippen molar-refractivity contribution in [3.63, 3.8) is 0 Å². The maximum Gasteiger partial charge on any atom is 0.444 e. The Labute approximate surface area is 154 Å². The third kappa shape index (κ3) is 5.90. The number of esters is 1. The van der Waals surface area contributed by atoms with Crippen LogP contribution in [0.2, 0.25) is 0 Å². The summed E-state index contributed by atoms with van der Waals surface area (Å²) in [4.78, 5) is 11.5. The Morgan fingerprint density at radius 2 is 1.46 bits per heavy atom. The molecule has 0 bridgehead atoms. The highest BCUT2D eigenvalue weighted by molar-refractivity contribution is 7.54. The molecular weight excluding hydrogens is 353 g/mol. The monoisotopic (exact) mass is 377 g/mol. The second-order valence-electron chi connectivity index (χ2n) is 5.71. The number of benzene rings is 2. The molecule has 0 atom stereocenters. The normalized spacial score (nSPS) is 11.0. The van der Waals surface area contributed by atoms with Crippen molar-refractivity contribution in [2.45, 2.75) is 20.8 Å². The van der Waals surface area contributed by atoms with Crippen molar-refractivity contribution < 1.29 is 23.1 Å². The highest BCUT2D eigenvalue weighted by Gasteiger charge is 2.29. The summed E-state index contributed by atoms with van der Waals surface area (Å²) in [7, 11) is -3.61. The van der Waals surface area contributed by atoms with Gasteiger partial charge in [0, 0.05) is 0 Å². The van der Waals surface area contributed by atoms with E-state index < -0.39 is 13.6 Å². The quantitative estimate of drug-likeness (QED) is 0.525. The van der Waals surface area contributed by atoms with Crippen LogP contribution in [0.25, 0.3) is 0 Å². The van der Waals surface area contributed by atoms with Gasteiger partial charge in [0.2, 0.25) is 0 Å². The molecule has 2 aromatic carbocycles. The van der Waals surface area contributed by atoms with E-state index in [1.807, 2.05) is 38.1 Å². The van der Waals surface area contributed by atoms with Crippen LogP contribution in [-0.2, 0) is 14.1 Å². The average Bonchev–Trinajstić information content (AvgIpc) is 2.59. The SMILES string of the molecule is CCOC(=O)CNCP(=O)(Oc1ccccc1C)Oc1ccccc1C. The molecule has 0 fully saturated rings. The van der Waals surface area contributed by atoms with Crippen LogP contribution >= 0.6 is 7.60 Å². The van der Waals surface area contributed by atoms with Gasteiger partial charge in [-0.25, -0.2) is 4.57 Å². The molecule has 2 rings (SSSR count). The van der Waals surface area contributed by atoms with E-state index in [1.54, 1.807) is 31.2 Å². The van der Waals surface area contributed by atoms with Crippen molar-refractivity contribution >= 4 is 13.6 Å². The molecule has 2 aromatic rings. The molecule has 7 heteroatoms. The van der Waals surface area contributed by atoms with Gasteiger partial charge >= 0.3 is 13.6 Å². The largest absolute Gasteiger partial charge is 0.465 e. The Hall–Kier alpha value is -2.30. The van der Waals surface area contributed by atoms with Gasteiger partial charge in [-0.1, -0.05) is 36.4 Å². The minimum atomic E-state index is -3.61. The fourth-order valence-corrected chi connectivity index (χ4v) is 3.77. The van der Waals surface area contributed by atoms with Gasteiger partial charge in [-0.2, -0.15) is 0 Å². The minimum Gasteiger partial charge on any atom is -0.465 e. The molecule has 0 aliphatic carbocycles. The Morgan fingerprint density at radius 1 is 0.962 bits per heavy atom. The lowest BCUT2D eigenvalue weighted by Crippen LogP contribution is -2.27. The lowest BCUT2D eigenvalue weighted by molar-refractivity contribution is -0.141. The second kappa shape index (κ2) is 9.41. The number of para-hydroxylation sites is 2. The maximum atomic E-state index is 13.3. The smallest absolute Gasteiger partial charge is 0.444 e. The summed E-state index contributed by atoms with van der Waals surface area (Å²) in [6.07, 6.45) is -0.130. The molecule has 0 amide bonds. The predicted molar refractivity (Wildman–Crippen MR) is 101 cm³/mol. The van der Waals surface area contributed by atoms with Gasteiger partial charge in [0.05, 0.1) is 13.2 Å². The molecule has 140 valence electrons. The van der Waals surface area contributed by atoms with Gasteiger partial charge in [0.15, 0.2) is 0 Å². The highest BCUT2D eigenvalue weighted by atomic mass is 31.2. The van der Waals surface area contributed by atoms with Gasteiger partial charge in [-0.3, -0.25) is 10.1 Å². The number of ether oxygens (including phenoxy) is 1. The summed E-state index contributed by atoms with van der Waals surface area (Å²) in [5.41, 5.74) is 1.68. The Balaban J connectivity index is 2.17. The van der Waals surface area contributed by atoms with Crippen molar-refractivity contribution in [3.8, 4) is 11.5 Å². The minimum absolute atomic E-state index is 0.0773. The third-order valence-electron chi connectivity index (χ3n) is 3.54. The lowest BCUT2D eigenvalue weighted by Gasteiger charge is -2.22. The van der Waals surface area contributed by atoms with Gasteiger partial charge in [-0.05, 0) is 44.0 Å². The van der Waals surface area contributed by atoms with Crippen molar-refractivity contribution in [2.24, 2.45) is 0 Å². The van der Waals surface area contributed by atoms with E-state index >= 15 is 0 Å². The Bertz CT molecular complexity index is 742. The second-order valence-corrected chi connectivity index (χ2v) is 7.62. The lowest BCUT2D eigenvalue weighted by atomic mass is 10.2. The van der Waals surface area contributed by atoms with E-state index in [-0.39, 0.29) is 19.4 Å². The van der Waals surface area contributed by atoms with E-state index in [9.17, 15) is 9.36 Å². The Kier molecular flexibility index (Phi) is 7.25. The van der Waals surface area contributed by atoms with Crippen LogP contribution in [0.4, 0.5) is 0 Å². The molecule has 0 radical (unpaired) electrons. The number of carbonyl (C=O) groups excluding carboxylic acids is 1. The van der Waals surface area contributed by atoms with Crippen LogP contribution in [0.1, 0.15) is 18.1 Å². The molecule has 0 aromatic heterocycles. The standard InChI is InChI=1S/C19H24NO5P/c1-4-23-19(21)13-20-14-26(22,24-17-11-7-5-9-15(17)2)25-18-12-8-6-10-16(18)3/h5-12,20H,4,13-14H2,1-3H3. The van der Waals surface area contributed by atoms with Gasteiger partial charge in [-0.15, -0.1) is 0 Å². The van der Waals surface area contributed by atoms with E-state index in [1.165, 1.54) is 0 Å². The first-order valence-corrected chi connectivity index (χ1v) is 10.1. The summed E-state index contributed by atoms with van der Waals surface area (Å²) >= 11 is 0. The van der Waals surface area contributed by atoms with Gasteiger partial charge in [0.25, 0.3) is 0 Å². The third-order valence-corrected chi connectivity index (χ3v) is 5.10. The van der Waals surface area contributed by atoms with E-state index in [0.29, 0.717) is 11.5 Å². The van der Waals surface area contributed by atoms with E-state index in [0.717, 1.165) is 11.1 Å². The van der Waals surface area contributed by atoms with Crippen LogP contribution < -0.4 is 14.4 Å². The molecular formula is C19H24NO5P. The van der Waals surface area contributed by atoms with Crippen molar-refractivity contribution in [3.05, 3.63) is 59.7 Å². The zero-order valence-corrected chi connectivity index (χ0v) is 16.1. The van der Waals surface area contributed by atoms with Crippen molar-refractivity contribution in [2.75, 3.05) is 19.4 Å². The molecule has 0 aliphatic heterocycles. The number of hydrogen-bond acceptors (Lipinski definition) is 6. The first-order valence-electron chi connectivity index (χ1n) is 8.39. The number of carbonyl (C=O) groups is 1. The molecule has 0 saturated carbocycles. The summed E-state index contributed by atoms with van der Waals surface area (Å²) < 4.78 is 29.7. The number of rotatable bonds is 9. The maximum absolute atomic E-state index is 13.3. The average molecular weight is 377 g/mol. The van der Waals surface area contributed by atoms with Crippen LogP contribution in [0.15, 0.2) is 48.5 Å². The van der Waals surface area contributed by atoms with E-state index in [2.05, 4.69) is 5.32 Å². The molecule has 0 unspecified atom stereocenters. The summed E-state index contributed by atoms with van der Waals surface area (Å²) in [6.45, 7) is 5.66. The summed E-state index contributed by atoms with van der Waals surface area (Å²) in [5, 5.41) is 2.80. The molecule has 1 N–H and O–H groups in total. The Morgan fingerprint density at radius 3 is 1.92 bits per heavy atom. The highest BCUT2D eigenvalue weighted by Crippen LogP contribution is 2.48. The van der Waals surface area contributed by atoms with Crippen molar-refractivity contribution in [1.29, 1.82) is 0 Å². The van der Waals surface area contributed by atoms with Gasteiger partial charge < -0.3 is 13.8 Å². The van der Waals surface area contributed by atoms with E-state index in [4.69, 9.17) is 13.8 Å². The molecule has 26 heavy (non-hydrogen) atoms. The van der Waals surface area contributed by atoms with Crippen LogP contribution in [0.5, 0.6) is 11.5 Å². The summed E-state index contributed by atoms with van der Waals surface area (Å²) in [6, 6.07) is 14.5. The summed E-state index contributed by atoms with van der Waals surface area (Å²) in [5.74, 6) is 0.524. The number of nitrogens with one attached hydrogen (secondary N) is 1. The first-order chi connectivity index (χ1) is 12.4. The van der Waals surface area contributed by atoms with Crippen LogP contribution in [-0.4, -0.2) is 25.4 Å². The molecule has 0 aliphatic rings. The van der Waals surface area contributed by atoms with Crippen molar-refractivity contribution in [1.82, 2.24) is 5.32 Å².